The first-order valence-electron chi connectivity index (χ1n) is 0. The fraction of sp³-hybridized carbons (Fsp3) is 0. The molecule has 0 aromatic rings. The van der Waals surface area contributed by atoms with Gasteiger partial charge in [-0.15, -0.1) is 0 Å². The van der Waals surface area contributed by atoms with Crippen LogP contribution in [-0.4, -0.2) is 0 Å². The molecule has 0 aliphatic heterocycles. The number of rotatable bonds is 0. The topological polar surface area (TPSA) is 0 Å². The Morgan fingerprint density at radius 3 is 0.125 bits per heavy atom. The van der Waals surface area contributed by atoms with Gasteiger partial charge in [-0.1, -0.05) is 0 Å². The maximum absolute atomic E-state index is 0. The molecule has 0 aromatic carbocycles. The maximum atomic E-state index is 0. The standard InChI is InChI=1S/8La. The van der Waals surface area contributed by atoms with Crippen molar-refractivity contribution in [2.75, 3.05) is 0 Å². The zero-order chi connectivity index (χ0) is 0. The van der Waals surface area contributed by atoms with Crippen LogP contribution in [0.5, 0.6) is 0 Å². The van der Waals surface area contributed by atoms with Gasteiger partial charge in [0.2, 0.25) is 0 Å². The molecule has 0 atom stereocenters. The van der Waals surface area contributed by atoms with E-state index in [-0.39, 0.29) is 285 Å². The van der Waals surface area contributed by atoms with Gasteiger partial charge in [-0.05, 0) is 0 Å². The summed E-state index contributed by atoms with van der Waals surface area (Å²) in [5.74, 6) is 0. The second-order valence-electron chi connectivity index (χ2n) is 0. The molecule has 24 valence electrons. The Labute approximate surface area is 274 Å². The fourth-order valence-corrected chi connectivity index (χ4v) is 0. The van der Waals surface area contributed by atoms with Crippen molar-refractivity contribution in [2.24, 2.45) is 0 Å². The third-order valence-corrected chi connectivity index (χ3v) is 0. The largest absolute Gasteiger partial charge is 0 e. The molecule has 0 fully saturated rings. The minimum atomic E-state index is 0. The Morgan fingerprint density at radius 1 is 0.125 bits per heavy atom. The molecular formula is La8. The van der Waals surface area contributed by atoms with Gasteiger partial charge in [0.25, 0.3) is 0 Å². The Balaban J connectivity index is 0. The van der Waals surface area contributed by atoms with Crippen LogP contribution in [0.1, 0.15) is 0 Å². The van der Waals surface area contributed by atoms with E-state index in [4.69, 9.17) is 0 Å². The van der Waals surface area contributed by atoms with E-state index in [0.717, 1.165) is 0 Å². The third-order valence-electron chi connectivity index (χ3n) is 0. The molecule has 0 aromatic heterocycles. The van der Waals surface area contributed by atoms with Crippen LogP contribution in [-0.2, 0) is 0 Å². The first-order chi connectivity index (χ1) is 0. The molecule has 8 heteroatoms. The van der Waals surface area contributed by atoms with E-state index in [0.29, 0.717) is 0 Å². The summed E-state index contributed by atoms with van der Waals surface area (Å²) in [7, 11) is 0. The molecule has 0 aliphatic carbocycles. The third kappa shape index (κ3) is 36.1. The van der Waals surface area contributed by atoms with Gasteiger partial charge in [-0.25, -0.2) is 0 Å². The molecule has 0 spiro atoms. The van der Waals surface area contributed by atoms with Gasteiger partial charge in [-0.3, -0.25) is 0 Å². The molecule has 0 unspecified atom stereocenters. The first kappa shape index (κ1) is 52.7. The summed E-state index contributed by atoms with van der Waals surface area (Å²) in [6.45, 7) is 0. The molecule has 0 nitrogen and oxygen atoms in total. The van der Waals surface area contributed by atoms with Gasteiger partial charge < -0.3 is 0 Å². The summed E-state index contributed by atoms with van der Waals surface area (Å²) in [6.07, 6.45) is 0. The van der Waals surface area contributed by atoms with E-state index in [1.165, 1.54) is 0 Å². The van der Waals surface area contributed by atoms with Gasteiger partial charge in [0.15, 0.2) is 0 Å². The van der Waals surface area contributed by atoms with Crippen LogP contribution < -0.4 is 0 Å². The zero-order valence-electron chi connectivity index (χ0n) is 4.62. The van der Waals surface area contributed by atoms with Crippen LogP contribution in [0.4, 0.5) is 0 Å². The van der Waals surface area contributed by atoms with Gasteiger partial charge in [0.05, 0.1) is 0 Å². The number of hydrogen-bond acceptors (Lipinski definition) is 0. The van der Waals surface area contributed by atoms with Crippen LogP contribution >= 0.6 is 0 Å². The average Bonchev–Trinajstić information content (AvgIpc) is 0. The van der Waals surface area contributed by atoms with Gasteiger partial charge >= 0.3 is 0 Å². The van der Waals surface area contributed by atoms with Crippen molar-refractivity contribution in [3.63, 3.8) is 0 Å². The molecule has 8 heavy (non-hydrogen) atoms. The second-order valence-corrected chi connectivity index (χ2v) is 0. The van der Waals surface area contributed by atoms with E-state index in [1.54, 1.807) is 0 Å². The molecule has 0 N–H and O–H groups in total. The van der Waals surface area contributed by atoms with Crippen LogP contribution in [0, 0.1) is 285 Å². The van der Waals surface area contributed by atoms with Crippen molar-refractivity contribution in [1.29, 1.82) is 0 Å². The fourth-order valence-electron chi connectivity index (χ4n) is 0. The molecular weight excluding hydrogens is 1110 g/mol. The summed E-state index contributed by atoms with van der Waals surface area (Å²) in [5, 5.41) is 0. The van der Waals surface area contributed by atoms with Crippen LogP contribution in [0.15, 0.2) is 0 Å². The summed E-state index contributed by atoms with van der Waals surface area (Å²) >= 11 is 0. The van der Waals surface area contributed by atoms with Crippen LogP contribution in [0.3, 0.4) is 0 Å². The molecule has 0 rings (SSSR count). The van der Waals surface area contributed by atoms with Crippen molar-refractivity contribution in [2.45, 2.75) is 0 Å². The minimum absolute atomic E-state index is 0. The Kier molecular flexibility index (Phi) is 289. The smallest absolute Gasteiger partial charge is 0 e. The van der Waals surface area contributed by atoms with Crippen LogP contribution in [0.2, 0.25) is 0 Å². The summed E-state index contributed by atoms with van der Waals surface area (Å²) in [4.78, 5) is 0. The Morgan fingerprint density at radius 2 is 0.125 bits per heavy atom. The molecule has 8 radical (unpaired) electrons. The van der Waals surface area contributed by atoms with Crippen molar-refractivity contribution in [3.05, 3.63) is 0 Å². The van der Waals surface area contributed by atoms with Crippen molar-refractivity contribution < 1.29 is 285 Å². The molecule has 0 aliphatic rings. The normalized spacial score (nSPS) is 0. The van der Waals surface area contributed by atoms with E-state index in [1.807, 2.05) is 0 Å². The van der Waals surface area contributed by atoms with E-state index >= 15 is 0 Å². The Bertz CT molecular complexity index is 0. The zero-order valence-corrected chi connectivity index (χ0v) is 33.6. The molecule has 0 saturated carbocycles. The van der Waals surface area contributed by atoms with E-state index < -0.39 is 0 Å². The average molecular weight is 1110 g/mol. The van der Waals surface area contributed by atoms with Crippen molar-refractivity contribution in [1.82, 2.24) is 0 Å². The SMILES string of the molecule is [La].[La].[La].[La].[La].[La].[La].[La]. The van der Waals surface area contributed by atoms with E-state index in [9.17, 15) is 0 Å². The maximum Gasteiger partial charge on any atom is 0 e. The number of hydrogen-bond donors (Lipinski definition) is 0. The monoisotopic (exact) mass is 1110 g/mol. The van der Waals surface area contributed by atoms with Gasteiger partial charge in [-0.2, -0.15) is 0 Å². The summed E-state index contributed by atoms with van der Waals surface area (Å²) < 4.78 is 0. The van der Waals surface area contributed by atoms with Gasteiger partial charge in [0.1, 0.15) is 0 Å². The van der Waals surface area contributed by atoms with Crippen molar-refractivity contribution >= 4 is 0 Å². The van der Waals surface area contributed by atoms with E-state index in [2.05, 4.69) is 0 Å². The van der Waals surface area contributed by atoms with Crippen molar-refractivity contribution in [3.8, 4) is 0 Å². The molecule has 0 bridgehead atoms. The molecule has 0 amide bonds. The van der Waals surface area contributed by atoms with Crippen LogP contribution in [0.25, 0.3) is 0 Å². The predicted molar refractivity (Wildman–Crippen MR) is 0 cm³/mol. The predicted octanol–water partition coefficient (Wildman–Crippen LogP) is 0. The minimum Gasteiger partial charge on any atom is 0 e. The first-order valence-corrected chi connectivity index (χ1v) is 0. The summed E-state index contributed by atoms with van der Waals surface area (Å²) in [6, 6.07) is 0. The molecule has 0 heterocycles. The Hall–Kier alpha value is 9.56. The summed E-state index contributed by atoms with van der Waals surface area (Å²) in [5.41, 5.74) is 0. The quantitative estimate of drug-likeness (QED) is 0.321. The molecule has 0 saturated heterocycles. The second kappa shape index (κ2) is 43.9. The van der Waals surface area contributed by atoms with Gasteiger partial charge in [0, 0.05) is 285 Å².